The van der Waals surface area contributed by atoms with Crippen LogP contribution in [0.1, 0.15) is 49.3 Å². The summed E-state index contributed by atoms with van der Waals surface area (Å²) >= 11 is 0. The fourth-order valence-electron chi connectivity index (χ4n) is 4.73. The van der Waals surface area contributed by atoms with Gasteiger partial charge in [0.25, 0.3) is 5.56 Å². The van der Waals surface area contributed by atoms with Crippen molar-refractivity contribution in [2.45, 2.75) is 61.8 Å². The second kappa shape index (κ2) is 7.95. The smallest absolute Gasteiger partial charge is 0.267 e. The zero-order chi connectivity index (χ0) is 23.3. The van der Waals surface area contributed by atoms with Gasteiger partial charge < -0.3 is 4.57 Å². The molecule has 0 unspecified atom stereocenters. The number of sulfone groups is 1. The molecule has 0 amide bonds. The molecule has 3 aromatic heterocycles. The van der Waals surface area contributed by atoms with Gasteiger partial charge in [-0.3, -0.25) is 14.6 Å². The van der Waals surface area contributed by atoms with Crippen LogP contribution in [0, 0.1) is 19.3 Å². The van der Waals surface area contributed by atoms with Crippen molar-refractivity contribution in [3.05, 3.63) is 75.6 Å². The zero-order valence-electron chi connectivity index (χ0n) is 18.7. The molecule has 0 radical (unpaired) electrons. The Morgan fingerprint density at radius 3 is 2.33 bits per heavy atom. The molecule has 5 rings (SSSR count). The van der Waals surface area contributed by atoms with E-state index in [0.29, 0.717) is 11.3 Å². The molecule has 0 atom stereocenters. The molecule has 33 heavy (non-hydrogen) atoms. The first kappa shape index (κ1) is 21.6. The summed E-state index contributed by atoms with van der Waals surface area (Å²) in [5.41, 5.74) is 2.26. The van der Waals surface area contributed by atoms with Crippen molar-refractivity contribution in [1.82, 2.24) is 14.0 Å². The van der Waals surface area contributed by atoms with E-state index in [9.17, 15) is 13.2 Å². The van der Waals surface area contributed by atoms with Gasteiger partial charge in [-0.15, -0.1) is 0 Å². The fourth-order valence-corrected chi connectivity index (χ4v) is 6.10. The van der Waals surface area contributed by atoms with Crippen molar-refractivity contribution in [3.8, 4) is 0 Å². The summed E-state index contributed by atoms with van der Waals surface area (Å²) < 4.78 is 30.4. The van der Waals surface area contributed by atoms with Crippen molar-refractivity contribution in [2.24, 2.45) is 0 Å². The lowest BCUT2D eigenvalue weighted by Gasteiger charge is -2.26. The van der Waals surface area contributed by atoms with E-state index in [1.54, 1.807) is 41.1 Å². The average Bonchev–Trinajstić information content (AvgIpc) is 2.80. The molecule has 1 aromatic carbocycles. The van der Waals surface area contributed by atoms with Crippen LogP contribution >= 0.6 is 0 Å². The number of rotatable bonds is 3. The lowest BCUT2D eigenvalue weighted by Crippen LogP contribution is -2.33. The summed E-state index contributed by atoms with van der Waals surface area (Å²) in [6, 6.07) is 11.5. The highest BCUT2D eigenvalue weighted by Gasteiger charge is 2.27. The normalized spacial score (nSPS) is 15.3. The molecule has 8 heteroatoms. The van der Waals surface area contributed by atoms with E-state index in [-0.39, 0.29) is 32.3 Å². The quantitative estimate of drug-likeness (QED) is 0.464. The van der Waals surface area contributed by atoms with Gasteiger partial charge in [0, 0.05) is 12.2 Å². The summed E-state index contributed by atoms with van der Waals surface area (Å²) in [5, 5.41) is 9.17. The number of nitrogens with one attached hydrogen (secondary N) is 1. The van der Waals surface area contributed by atoms with E-state index < -0.39 is 9.84 Å². The molecule has 1 saturated carbocycles. The van der Waals surface area contributed by atoms with Crippen LogP contribution in [0.15, 0.2) is 63.2 Å². The molecule has 0 aliphatic heterocycles. The van der Waals surface area contributed by atoms with E-state index in [4.69, 9.17) is 10.4 Å². The topological polar surface area (TPSA) is 97.3 Å². The minimum atomic E-state index is -4.00. The minimum Gasteiger partial charge on any atom is -0.307 e. The van der Waals surface area contributed by atoms with Gasteiger partial charge in [0.1, 0.15) is 21.7 Å². The van der Waals surface area contributed by atoms with Gasteiger partial charge >= 0.3 is 0 Å². The molecule has 1 aliphatic carbocycles. The third kappa shape index (κ3) is 3.58. The zero-order valence-corrected chi connectivity index (χ0v) is 19.5. The molecule has 0 bridgehead atoms. The van der Waals surface area contributed by atoms with Crippen LogP contribution in [-0.4, -0.2) is 22.4 Å². The summed E-state index contributed by atoms with van der Waals surface area (Å²) in [5.74, 6) is 0. The lowest BCUT2D eigenvalue weighted by molar-refractivity contribution is 0.347. The van der Waals surface area contributed by atoms with Crippen LogP contribution in [0.3, 0.4) is 0 Å². The molecule has 1 fully saturated rings. The highest BCUT2D eigenvalue weighted by Crippen LogP contribution is 2.30. The first-order chi connectivity index (χ1) is 15.8. The van der Waals surface area contributed by atoms with E-state index in [2.05, 4.69) is 0 Å². The molecule has 3 heterocycles. The summed E-state index contributed by atoms with van der Waals surface area (Å²) in [6.07, 6.45) is 6.47. The maximum absolute atomic E-state index is 13.6. The van der Waals surface area contributed by atoms with Gasteiger partial charge in [0.15, 0.2) is 0 Å². The van der Waals surface area contributed by atoms with Gasteiger partial charge in [0.05, 0.1) is 10.3 Å². The van der Waals surface area contributed by atoms with Gasteiger partial charge in [-0.2, -0.15) is 0 Å². The maximum Gasteiger partial charge on any atom is 0.267 e. The summed E-state index contributed by atoms with van der Waals surface area (Å²) in [6.45, 7) is 3.78. The Balaban J connectivity index is 1.89. The van der Waals surface area contributed by atoms with Gasteiger partial charge in [-0.1, -0.05) is 43.0 Å². The van der Waals surface area contributed by atoms with Gasteiger partial charge in [0.2, 0.25) is 9.84 Å². The molecule has 170 valence electrons. The summed E-state index contributed by atoms with van der Waals surface area (Å²) in [7, 11) is -4.00. The van der Waals surface area contributed by atoms with Crippen molar-refractivity contribution in [1.29, 1.82) is 5.41 Å². The second-order valence-corrected chi connectivity index (χ2v) is 10.8. The Morgan fingerprint density at radius 1 is 0.970 bits per heavy atom. The second-order valence-electron chi connectivity index (χ2n) is 8.92. The van der Waals surface area contributed by atoms with Gasteiger partial charge in [-0.05, 0) is 56.5 Å². The Labute approximate surface area is 191 Å². The third-order valence-corrected chi connectivity index (χ3v) is 8.31. The fraction of sp³-hybridized carbons (Fsp3) is 0.320. The highest BCUT2D eigenvalue weighted by molar-refractivity contribution is 7.91. The number of aryl methyl sites for hydroxylation is 2. The average molecular weight is 463 g/mol. The Morgan fingerprint density at radius 2 is 1.64 bits per heavy atom. The Bertz CT molecular complexity index is 1610. The molecule has 1 N–H and O–H groups in total. The summed E-state index contributed by atoms with van der Waals surface area (Å²) in [4.78, 5) is 18.2. The minimum absolute atomic E-state index is 0.0679. The largest absolute Gasteiger partial charge is 0.307 e. The van der Waals surface area contributed by atoms with E-state index >= 15 is 0 Å². The van der Waals surface area contributed by atoms with Crippen LogP contribution in [-0.2, 0) is 9.84 Å². The van der Waals surface area contributed by atoms with Crippen LogP contribution in [0.25, 0.3) is 16.7 Å². The molecular weight excluding hydrogens is 436 g/mol. The predicted molar refractivity (Wildman–Crippen MR) is 126 cm³/mol. The van der Waals surface area contributed by atoms with Crippen molar-refractivity contribution in [2.75, 3.05) is 0 Å². The SMILES string of the molecule is Cc1ccc(S(=O)(=O)c2cc3c(=O)n4cc(C)ccc4nc3n(C3CCCCC3)c2=N)cc1. The van der Waals surface area contributed by atoms with Crippen molar-refractivity contribution in [3.63, 3.8) is 0 Å². The third-order valence-electron chi connectivity index (χ3n) is 6.52. The van der Waals surface area contributed by atoms with Crippen LogP contribution < -0.4 is 11.0 Å². The van der Waals surface area contributed by atoms with E-state index in [0.717, 1.165) is 43.2 Å². The lowest BCUT2D eigenvalue weighted by atomic mass is 9.95. The van der Waals surface area contributed by atoms with Crippen LogP contribution in [0.2, 0.25) is 0 Å². The van der Waals surface area contributed by atoms with E-state index in [1.807, 2.05) is 19.9 Å². The first-order valence-corrected chi connectivity index (χ1v) is 12.7. The number of hydrogen-bond donors (Lipinski definition) is 1. The van der Waals surface area contributed by atoms with Crippen molar-refractivity contribution >= 4 is 26.5 Å². The standard InChI is InChI=1S/C25H26N4O3S/c1-16-8-11-19(12-9-16)33(31,32)21-14-20-24(29(23(21)26)18-6-4-3-5-7-18)27-22-13-10-17(2)15-28(22)25(20)30/h8-15,18,26H,3-7H2,1-2H3. The molecule has 4 aromatic rings. The number of aromatic nitrogens is 3. The first-order valence-electron chi connectivity index (χ1n) is 11.2. The van der Waals surface area contributed by atoms with Crippen molar-refractivity contribution < 1.29 is 8.42 Å². The Hall–Kier alpha value is -3.26. The predicted octanol–water partition coefficient (Wildman–Crippen LogP) is 4.08. The molecule has 0 saturated heterocycles. The molecule has 7 nitrogen and oxygen atoms in total. The van der Waals surface area contributed by atoms with E-state index in [1.165, 1.54) is 10.5 Å². The molecule has 1 aliphatic rings. The maximum atomic E-state index is 13.6. The molecular formula is C25H26N4O3S. The van der Waals surface area contributed by atoms with Crippen LogP contribution in [0.5, 0.6) is 0 Å². The number of pyridine rings is 2. The van der Waals surface area contributed by atoms with Crippen LogP contribution in [0.4, 0.5) is 0 Å². The monoisotopic (exact) mass is 462 g/mol. The number of hydrogen-bond acceptors (Lipinski definition) is 5. The molecule has 0 spiro atoms. The Kier molecular flexibility index (Phi) is 5.20. The van der Waals surface area contributed by atoms with Gasteiger partial charge in [-0.25, -0.2) is 13.4 Å². The number of benzene rings is 1. The number of fused-ring (bicyclic) bond motifs is 2. The highest BCUT2D eigenvalue weighted by atomic mass is 32.2. The number of nitrogens with zero attached hydrogens (tertiary/aromatic N) is 3.